The molecule has 1 unspecified atom stereocenters. The molecule has 0 radical (unpaired) electrons. The van der Waals surface area contributed by atoms with E-state index in [2.05, 4.69) is 10.2 Å². The summed E-state index contributed by atoms with van der Waals surface area (Å²) in [7, 11) is 0. The minimum atomic E-state index is -0.267. The second-order valence-electron chi connectivity index (χ2n) is 8.04. The number of rotatable bonds is 4. The molecule has 0 spiro atoms. The highest BCUT2D eigenvalue weighted by Crippen LogP contribution is 2.39. The van der Waals surface area contributed by atoms with Crippen LogP contribution in [0.3, 0.4) is 0 Å². The number of benzene rings is 2. The molecule has 1 heterocycles. The molecule has 1 saturated heterocycles. The maximum absolute atomic E-state index is 15.0. The van der Waals surface area contributed by atoms with E-state index in [1.807, 2.05) is 18.2 Å². The highest BCUT2D eigenvalue weighted by atomic mass is 19.1. The predicted molar refractivity (Wildman–Crippen MR) is 107 cm³/mol. The van der Waals surface area contributed by atoms with E-state index in [-0.39, 0.29) is 29.1 Å². The first-order valence-corrected chi connectivity index (χ1v) is 10.1. The molecule has 0 bridgehead atoms. The molecule has 1 aliphatic carbocycles. The van der Waals surface area contributed by atoms with Gasteiger partial charge in [0.05, 0.1) is 5.69 Å². The summed E-state index contributed by atoms with van der Waals surface area (Å²) in [6, 6.07) is 10.5. The van der Waals surface area contributed by atoms with E-state index >= 15 is 0 Å². The quantitative estimate of drug-likeness (QED) is 0.819. The van der Waals surface area contributed by atoms with Crippen molar-refractivity contribution in [1.29, 1.82) is 0 Å². The van der Waals surface area contributed by atoms with E-state index < -0.39 is 0 Å². The van der Waals surface area contributed by atoms with Crippen LogP contribution in [0.2, 0.25) is 0 Å². The number of amides is 1. The van der Waals surface area contributed by atoms with Gasteiger partial charge in [-0.25, -0.2) is 8.78 Å². The van der Waals surface area contributed by atoms with Gasteiger partial charge in [-0.1, -0.05) is 18.2 Å². The Kier molecular flexibility index (Phi) is 5.44. The molecule has 1 N–H and O–H groups in total. The van der Waals surface area contributed by atoms with E-state index in [9.17, 15) is 13.6 Å². The van der Waals surface area contributed by atoms with Gasteiger partial charge in [0.25, 0.3) is 0 Å². The Hall–Kier alpha value is -2.27. The van der Waals surface area contributed by atoms with Crippen molar-refractivity contribution in [3.8, 4) is 0 Å². The van der Waals surface area contributed by atoms with Gasteiger partial charge in [-0.2, -0.15) is 0 Å². The number of piperidine rings is 1. The highest BCUT2D eigenvalue weighted by molar-refractivity contribution is 5.89. The van der Waals surface area contributed by atoms with Crippen molar-refractivity contribution in [2.24, 2.45) is 0 Å². The molecule has 1 atom stereocenters. The van der Waals surface area contributed by atoms with Crippen molar-refractivity contribution in [2.75, 3.05) is 25.0 Å². The average molecular weight is 384 g/mol. The Morgan fingerprint density at radius 1 is 1.07 bits per heavy atom. The summed E-state index contributed by atoms with van der Waals surface area (Å²) >= 11 is 0. The van der Waals surface area contributed by atoms with E-state index in [4.69, 9.17) is 0 Å². The number of carbonyl (C=O) groups is 1. The van der Waals surface area contributed by atoms with E-state index in [1.54, 1.807) is 6.07 Å². The minimum Gasteiger partial charge on any atom is -0.324 e. The zero-order chi connectivity index (χ0) is 19.7. The number of carbonyl (C=O) groups excluding carboxylic acids is 1. The third-order valence-electron chi connectivity index (χ3n) is 6.16. The maximum atomic E-state index is 15.0. The molecule has 4 rings (SSSR count). The lowest BCUT2D eigenvalue weighted by Gasteiger charge is -2.34. The third kappa shape index (κ3) is 3.95. The fourth-order valence-electron chi connectivity index (χ4n) is 4.73. The van der Waals surface area contributed by atoms with Crippen LogP contribution in [0.4, 0.5) is 14.5 Å². The van der Waals surface area contributed by atoms with Crippen molar-refractivity contribution in [3.05, 3.63) is 64.7 Å². The van der Waals surface area contributed by atoms with Gasteiger partial charge in [-0.05, 0) is 79.6 Å². The molecule has 1 aliphatic heterocycles. The summed E-state index contributed by atoms with van der Waals surface area (Å²) in [5, 5.41) is 2.60. The molecule has 0 aromatic heterocycles. The number of hydrogen-bond donors (Lipinski definition) is 1. The van der Waals surface area contributed by atoms with Crippen LogP contribution in [0.15, 0.2) is 36.4 Å². The highest BCUT2D eigenvalue weighted by Gasteiger charge is 2.30. The van der Waals surface area contributed by atoms with Crippen LogP contribution in [0, 0.1) is 11.6 Å². The summed E-state index contributed by atoms with van der Waals surface area (Å²) in [5.74, 6) is -0.0729. The van der Waals surface area contributed by atoms with Crippen LogP contribution >= 0.6 is 0 Å². The molecule has 2 aromatic rings. The number of anilines is 1. The molecule has 148 valence electrons. The number of nitrogens with zero attached hydrogens (tertiary/aromatic N) is 1. The summed E-state index contributed by atoms with van der Waals surface area (Å²) in [6.45, 7) is 4.20. The van der Waals surface area contributed by atoms with Gasteiger partial charge in [0.2, 0.25) is 5.91 Å². The van der Waals surface area contributed by atoms with Crippen LogP contribution in [0.5, 0.6) is 0 Å². The second-order valence-corrected chi connectivity index (χ2v) is 8.04. The molecular weight excluding hydrogens is 358 g/mol. The lowest BCUT2D eigenvalue weighted by atomic mass is 9.88. The monoisotopic (exact) mass is 384 g/mol. The molecule has 1 amide bonds. The number of hydrogen-bond acceptors (Lipinski definition) is 2. The number of aryl methyl sites for hydroxylation is 1. The van der Waals surface area contributed by atoms with E-state index in [0.717, 1.165) is 56.4 Å². The van der Waals surface area contributed by atoms with Gasteiger partial charge >= 0.3 is 0 Å². The summed E-state index contributed by atoms with van der Waals surface area (Å²) in [4.78, 5) is 13.7. The molecule has 1 fully saturated rings. The smallest absolute Gasteiger partial charge is 0.221 e. The van der Waals surface area contributed by atoms with Gasteiger partial charge in [-0.3, -0.25) is 4.79 Å². The Morgan fingerprint density at radius 2 is 1.79 bits per heavy atom. The van der Waals surface area contributed by atoms with Gasteiger partial charge in [0, 0.05) is 19.4 Å². The molecule has 2 aromatic carbocycles. The topological polar surface area (TPSA) is 32.3 Å². The van der Waals surface area contributed by atoms with Crippen LogP contribution in [0.1, 0.15) is 54.7 Å². The van der Waals surface area contributed by atoms with Gasteiger partial charge in [0.15, 0.2) is 0 Å². The number of likely N-dealkylation sites (tertiary alicyclic amines) is 1. The van der Waals surface area contributed by atoms with E-state index in [0.29, 0.717) is 5.92 Å². The van der Waals surface area contributed by atoms with Crippen LogP contribution in [-0.2, 0) is 11.2 Å². The molecule has 5 heteroatoms. The number of nitrogens with one attached hydrogen (secondary N) is 1. The fourth-order valence-corrected chi connectivity index (χ4v) is 4.73. The Labute approximate surface area is 164 Å². The van der Waals surface area contributed by atoms with Crippen molar-refractivity contribution in [2.45, 2.75) is 44.4 Å². The molecule has 3 nitrogen and oxygen atoms in total. The van der Waals surface area contributed by atoms with E-state index in [1.165, 1.54) is 24.6 Å². The molecule has 0 saturated carbocycles. The number of halogens is 2. The van der Waals surface area contributed by atoms with Gasteiger partial charge in [-0.15, -0.1) is 0 Å². The summed E-state index contributed by atoms with van der Waals surface area (Å²) in [5.41, 5.74) is 3.34. The third-order valence-corrected chi connectivity index (χ3v) is 6.16. The van der Waals surface area contributed by atoms with Gasteiger partial charge < -0.3 is 10.2 Å². The lowest BCUT2D eigenvalue weighted by Crippen LogP contribution is -2.35. The zero-order valence-corrected chi connectivity index (χ0v) is 16.2. The molecular formula is C23H26F2N2O. The second kappa shape index (κ2) is 8.00. The van der Waals surface area contributed by atoms with Crippen molar-refractivity contribution in [3.63, 3.8) is 0 Å². The number of fused-ring (bicyclic) bond motifs is 1. The fraction of sp³-hybridized carbons (Fsp3) is 0.435. The molecule has 28 heavy (non-hydrogen) atoms. The van der Waals surface area contributed by atoms with Crippen molar-refractivity contribution >= 4 is 11.6 Å². The largest absolute Gasteiger partial charge is 0.324 e. The first-order valence-electron chi connectivity index (χ1n) is 10.1. The maximum Gasteiger partial charge on any atom is 0.221 e. The Morgan fingerprint density at radius 3 is 2.46 bits per heavy atom. The van der Waals surface area contributed by atoms with Crippen molar-refractivity contribution < 1.29 is 13.6 Å². The first kappa shape index (κ1) is 19.1. The van der Waals surface area contributed by atoms with Gasteiger partial charge in [0.1, 0.15) is 11.6 Å². The van der Waals surface area contributed by atoms with Crippen LogP contribution < -0.4 is 5.32 Å². The van der Waals surface area contributed by atoms with Crippen molar-refractivity contribution in [1.82, 2.24) is 4.90 Å². The van der Waals surface area contributed by atoms with Crippen LogP contribution in [-0.4, -0.2) is 30.4 Å². The van der Waals surface area contributed by atoms with Crippen LogP contribution in [0.25, 0.3) is 0 Å². The zero-order valence-electron chi connectivity index (χ0n) is 16.2. The predicted octanol–water partition coefficient (Wildman–Crippen LogP) is 4.83. The standard InChI is InChI=1S/C23H26F2N2O/c1-15(28)26-21-9-6-18-2-3-19(22(18)23(21)25)14-27-12-10-17(11-13-27)16-4-7-20(24)8-5-16/h4-9,17,19H,2-3,10-14H2,1H3,(H,26,28). The molecule has 2 aliphatic rings. The first-order chi connectivity index (χ1) is 13.5. The summed E-state index contributed by atoms with van der Waals surface area (Å²) in [6.07, 6.45) is 3.93. The SMILES string of the molecule is CC(=O)Nc1ccc2c(c1F)C(CN1CCC(c3ccc(F)cc3)CC1)CC2. The average Bonchev–Trinajstić information content (AvgIpc) is 3.09. The lowest BCUT2D eigenvalue weighted by molar-refractivity contribution is -0.114. The normalized spacial score (nSPS) is 20.2. The minimum absolute atomic E-state index is 0.172. The summed E-state index contributed by atoms with van der Waals surface area (Å²) < 4.78 is 28.1. The Bertz CT molecular complexity index is 858. The Balaban J connectivity index is 1.40.